The Morgan fingerprint density at radius 2 is 1.82 bits per heavy atom. The summed E-state index contributed by atoms with van der Waals surface area (Å²) in [6, 6.07) is 23.9. The van der Waals surface area contributed by atoms with Gasteiger partial charge in [0.25, 0.3) is 0 Å². The topological polar surface area (TPSA) is 54.8 Å². The van der Waals surface area contributed by atoms with Crippen LogP contribution in [0.2, 0.25) is 5.02 Å². The van der Waals surface area contributed by atoms with Crippen molar-refractivity contribution in [2.75, 3.05) is 25.0 Å². The van der Waals surface area contributed by atoms with Crippen molar-refractivity contribution in [3.8, 4) is 11.1 Å². The van der Waals surface area contributed by atoms with Gasteiger partial charge < -0.3 is 15.2 Å². The number of aryl methyl sites for hydroxylation is 1. The first-order valence-corrected chi connectivity index (χ1v) is 14.2. The average molecular weight is 554 g/mol. The summed E-state index contributed by atoms with van der Waals surface area (Å²) in [6.45, 7) is 5.57. The summed E-state index contributed by atoms with van der Waals surface area (Å²) in [5, 5.41) is 7.69. The lowest BCUT2D eigenvalue weighted by Gasteiger charge is -2.38. The van der Waals surface area contributed by atoms with Gasteiger partial charge in [-0.25, -0.2) is 14.4 Å². The second-order valence-corrected chi connectivity index (χ2v) is 11.2. The van der Waals surface area contributed by atoms with Gasteiger partial charge in [0.15, 0.2) is 0 Å². The number of halogens is 2. The molecule has 0 atom stereocenters. The number of fused-ring (bicyclic) bond motifs is 1. The van der Waals surface area contributed by atoms with Crippen molar-refractivity contribution in [3.63, 3.8) is 0 Å². The lowest BCUT2D eigenvalue weighted by molar-refractivity contribution is 0.294. The van der Waals surface area contributed by atoms with E-state index in [1.165, 1.54) is 17.2 Å². The zero-order valence-corrected chi connectivity index (χ0v) is 23.4. The largest absolute Gasteiger partial charge is 0.370 e. The van der Waals surface area contributed by atoms with Gasteiger partial charge >= 0.3 is 0 Å². The maximum absolute atomic E-state index is 13.7. The molecule has 5 nitrogen and oxygen atoms in total. The minimum absolute atomic E-state index is 0.159. The molecule has 1 aliphatic heterocycles. The van der Waals surface area contributed by atoms with E-state index in [1.54, 1.807) is 24.7 Å². The summed E-state index contributed by atoms with van der Waals surface area (Å²) in [6.07, 6.45) is 6.79. The van der Waals surface area contributed by atoms with Crippen LogP contribution in [0.3, 0.4) is 0 Å². The maximum Gasteiger partial charge on any atom is 0.126 e. The predicted molar refractivity (Wildman–Crippen MR) is 162 cm³/mol. The molecule has 0 saturated carbocycles. The first-order valence-electron chi connectivity index (χ1n) is 13.9. The van der Waals surface area contributed by atoms with Crippen molar-refractivity contribution in [3.05, 3.63) is 113 Å². The highest BCUT2D eigenvalue weighted by Crippen LogP contribution is 2.37. The molecule has 40 heavy (non-hydrogen) atoms. The van der Waals surface area contributed by atoms with E-state index in [1.807, 2.05) is 28.8 Å². The van der Waals surface area contributed by atoms with Gasteiger partial charge in [-0.2, -0.15) is 0 Å². The van der Waals surface area contributed by atoms with E-state index in [0.717, 1.165) is 72.4 Å². The first kappa shape index (κ1) is 26.5. The van der Waals surface area contributed by atoms with Crippen LogP contribution in [0, 0.1) is 12.7 Å². The van der Waals surface area contributed by atoms with Crippen LogP contribution >= 0.6 is 11.6 Å². The van der Waals surface area contributed by atoms with Crippen molar-refractivity contribution in [2.24, 2.45) is 0 Å². The molecule has 0 aliphatic carbocycles. The van der Waals surface area contributed by atoms with E-state index in [0.29, 0.717) is 11.6 Å². The number of hydrogen-bond acceptors (Lipinski definition) is 4. The number of aromatic nitrogens is 3. The molecule has 3 aromatic carbocycles. The van der Waals surface area contributed by atoms with Gasteiger partial charge in [0, 0.05) is 24.8 Å². The number of hydrogen-bond donors (Lipinski definition) is 2. The van der Waals surface area contributed by atoms with Crippen molar-refractivity contribution < 1.29 is 4.39 Å². The van der Waals surface area contributed by atoms with Crippen molar-refractivity contribution in [1.82, 2.24) is 19.9 Å². The molecule has 0 bridgehead atoms. The molecule has 1 aliphatic rings. The molecule has 0 spiro atoms. The van der Waals surface area contributed by atoms with E-state index < -0.39 is 0 Å². The maximum atomic E-state index is 13.7. The monoisotopic (exact) mass is 553 g/mol. The standard InChI is InChI=1S/C33H33ClFN5/c1-23-5-8-26(9-6-23)33(11-14-36-15-12-33)13-16-37-32-19-28(29(34)20-38-32)25-7-10-30-31(18-25)40(22-39-30)21-24-3-2-4-27(35)17-24/h2-10,17-20,22,36H,11-16,21H2,1H3,(H,37,38). The fourth-order valence-corrected chi connectivity index (χ4v) is 6.08. The fraction of sp³-hybridized carbons (Fsp3) is 0.273. The van der Waals surface area contributed by atoms with Crippen LogP contribution in [0.25, 0.3) is 22.2 Å². The number of nitrogens with zero attached hydrogens (tertiary/aromatic N) is 3. The quantitative estimate of drug-likeness (QED) is 0.211. The van der Waals surface area contributed by atoms with E-state index in [4.69, 9.17) is 11.6 Å². The minimum Gasteiger partial charge on any atom is -0.370 e. The Morgan fingerprint density at radius 1 is 1.00 bits per heavy atom. The molecule has 204 valence electrons. The normalized spacial score (nSPS) is 14.9. The van der Waals surface area contributed by atoms with Crippen LogP contribution in [0.1, 0.15) is 36.0 Å². The highest BCUT2D eigenvalue weighted by Gasteiger charge is 2.33. The Balaban J connectivity index is 1.21. The summed E-state index contributed by atoms with van der Waals surface area (Å²) in [7, 11) is 0. The molecule has 3 heterocycles. The third-order valence-corrected chi connectivity index (χ3v) is 8.46. The molecule has 0 amide bonds. The van der Waals surface area contributed by atoms with Crippen LogP contribution in [0.5, 0.6) is 0 Å². The molecular weight excluding hydrogens is 521 g/mol. The van der Waals surface area contributed by atoms with Crippen molar-refractivity contribution in [1.29, 1.82) is 0 Å². The lowest BCUT2D eigenvalue weighted by atomic mass is 9.70. The van der Waals surface area contributed by atoms with Gasteiger partial charge in [0.1, 0.15) is 11.6 Å². The Hall–Kier alpha value is -3.74. The van der Waals surface area contributed by atoms with Gasteiger partial charge in [-0.15, -0.1) is 0 Å². The van der Waals surface area contributed by atoms with Gasteiger partial charge in [0.05, 0.1) is 22.4 Å². The number of pyridine rings is 1. The summed E-state index contributed by atoms with van der Waals surface area (Å²) >= 11 is 6.65. The van der Waals surface area contributed by atoms with E-state index in [2.05, 4.69) is 57.9 Å². The van der Waals surface area contributed by atoms with Crippen LogP contribution in [-0.4, -0.2) is 34.2 Å². The summed E-state index contributed by atoms with van der Waals surface area (Å²) in [5.41, 5.74) is 7.51. The molecule has 0 unspecified atom stereocenters. The van der Waals surface area contributed by atoms with E-state index in [-0.39, 0.29) is 11.2 Å². The summed E-state index contributed by atoms with van der Waals surface area (Å²) in [5.74, 6) is 0.567. The van der Waals surface area contributed by atoms with Crippen LogP contribution in [0.4, 0.5) is 10.2 Å². The average Bonchev–Trinajstić information content (AvgIpc) is 3.36. The lowest BCUT2D eigenvalue weighted by Crippen LogP contribution is -2.41. The number of imidazole rings is 1. The Bertz CT molecular complexity index is 1620. The van der Waals surface area contributed by atoms with Gasteiger partial charge in [0.2, 0.25) is 0 Å². The van der Waals surface area contributed by atoms with E-state index in [9.17, 15) is 4.39 Å². The zero-order valence-electron chi connectivity index (χ0n) is 22.6. The smallest absolute Gasteiger partial charge is 0.126 e. The van der Waals surface area contributed by atoms with Crippen molar-refractivity contribution >= 4 is 28.5 Å². The molecule has 0 radical (unpaired) electrons. The third-order valence-electron chi connectivity index (χ3n) is 8.16. The van der Waals surface area contributed by atoms with Crippen LogP contribution in [0.15, 0.2) is 85.3 Å². The molecule has 5 aromatic rings. The Morgan fingerprint density at radius 3 is 2.62 bits per heavy atom. The third kappa shape index (κ3) is 5.60. The summed E-state index contributed by atoms with van der Waals surface area (Å²) < 4.78 is 15.8. The molecule has 6 rings (SSSR count). The Labute approximate surface area is 239 Å². The van der Waals surface area contributed by atoms with Gasteiger partial charge in [-0.1, -0.05) is 59.6 Å². The molecule has 2 aromatic heterocycles. The van der Waals surface area contributed by atoms with Crippen LogP contribution < -0.4 is 10.6 Å². The second-order valence-electron chi connectivity index (χ2n) is 10.8. The Kier molecular flexibility index (Phi) is 7.55. The number of rotatable bonds is 8. The highest BCUT2D eigenvalue weighted by molar-refractivity contribution is 6.33. The molecular formula is C33H33ClFN5. The second kappa shape index (κ2) is 11.4. The number of nitrogens with one attached hydrogen (secondary N) is 2. The number of benzene rings is 3. The number of piperidine rings is 1. The fourth-order valence-electron chi connectivity index (χ4n) is 5.86. The SMILES string of the molecule is Cc1ccc(C2(CCNc3cc(-c4ccc5ncn(Cc6cccc(F)c6)c5c4)c(Cl)cn3)CCNCC2)cc1. The van der Waals surface area contributed by atoms with Gasteiger partial charge in [-0.3, -0.25) is 0 Å². The molecule has 2 N–H and O–H groups in total. The van der Waals surface area contributed by atoms with Gasteiger partial charge in [-0.05, 0) is 91.7 Å². The summed E-state index contributed by atoms with van der Waals surface area (Å²) in [4.78, 5) is 9.12. The minimum atomic E-state index is -0.240. The zero-order chi connectivity index (χ0) is 27.5. The molecule has 1 fully saturated rings. The first-order chi connectivity index (χ1) is 19.5. The predicted octanol–water partition coefficient (Wildman–Crippen LogP) is 7.37. The number of anilines is 1. The highest BCUT2D eigenvalue weighted by atomic mass is 35.5. The van der Waals surface area contributed by atoms with Crippen molar-refractivity contribution in [2.45, 2.75) is 38.1 Å². The molecule has 1 saturated heterocycles. The van der Waals surface area contributed by atoms with Crippen LogP contribution in [-0.2, 0) is 12.0 Å². The molecule has 7 heteroatoms. The van der Waals surface area contributed by atoms with E-state index >= 15 is 0 Å².